The van der Waals surface area contributed by atoms with E-state index in [0.29, 0.717) is 36.5 Å². The van der Waals surface area contributed by atoms with E-state index in [1.807, 2.05) is 29.7 Å². The third-order valence-electron chi connectivity index (χ3n) is 7.24. The molecule has 0 saturated carbocycles. The minimum atomic E-state index is -0.897. The lowest BCUT2D eigenvalue weighted by Crippen LogP contribution is -2.38. The highest BCUT2D eigenvalue weighted by Crippen LogP contribution is 2.40. The van der Waals surface area contributed by atoms with Crippen molar-refractivity contribution in [3.63, 3.8) is 0 Å². The Bertz CT molecular complexity index is 1440. The van der Waals surface area contributed by atoms with E-state index in [9.17, 15) is 24.8 Å². The molecule has 0 aliphatic carbocycles. The first-order valence-electron chi connectivity index (χ1n) is 12.6. The number of aromatic nitrogens is 2. The highest BCUT2D eigenvalue weighted by Gasteiger charge is 2.46. The van der Waals surface area contributed by atoms with Gasteiger partial charge in [0, 0.05) is 44.5 Å². The molecule has 0 bridgehead atoms. The number of rotatable bonds is 7. The van der Waals surface area contributed by atoms with Gasteiger partial charge in [0.1, 0.15) is 11.3 Å². The first kappa shape index (κ1) is 25.6. The Morgan fingerprint density at radius 1 is 1.13 bits per heavy atom. The van der Waals surface area contributed by atoms with E-state index >= 15 is 0 Å². The van der Waals surface area contributed by atoms with Crippen molar-refractivity contribution in [1.82, 2.24) is 19.2 Å². The molecule has 2 aliphatic heterocycles. The Kier molecular flexibility index (Phi) is 6.96. The molecule has 1 atom stereocenters. The molecule has 2 saturated heterocycles. The van der Waals surface area contributed by atoms with Crippen molar-refractivity contribution in [2.45, 2.75) is 26.3 Å². The van der Waals surface area contributed by atoms with Crippen molar-refractivity contribution in [2.75, 3.05) is 39.4 Å². The minimum Gasteiger partial charge on any atom is -0.505 e. The van der Waals surface area contributed by atoms with Crippen LogP contribution in [0.25, 0.3) is 11.4 Å². The number of carbonyl (C=O) groups excluding carboxylic acids is 2. The van der Waals surface area contributed by atoms with Crippen LogP contribution in [0.1, 0.15) is 35.0 Å². The first-order chi connectivity index (χ1) is 18.3. The molecule has 2 fully saturated rings. The number of nitro groups is 1. The standard InChI is InChI=1S/C27H29N5O6/c1-17-5-3-11-30-18(2)22(28-26(17)30)24(33)21-23(19-6-8-20(9-7-19)32(36)37)31(27(35)25(21)34)12-4-10-29-13-15-38-16-14-29/h3,5-9,11,23,33H,4,10,12-16H2,1-2H3. The molecule has 2 aromatic heterocycles. The van der Waals surface area contributed by atoms with Crippen molar-refractivity contribution >= 4 is 28.8 Å². The van der Waals surface area contributed by atoms with Gasteiger partial charge in [-0.2, -0.15) is 0 Å². The molecule has 2 aliphatic rings. The number of likely N-dealkylation sites (tertiary alicyclic amines) is 1. The predicted molar refractivity (Wildman–Crippen MR) is 139 cm³/mol. The molecule has 11 heteroatoms. The van der Waals surface area contributed by atoms with E-state index in [1.165, 1.54) is 29.2 Å². The number of aryl methyl sites for hydroxylation is 2. The Balaban J connectivity index is 1.56. The maximum Gasteiger partial charge on any atom is 0.295 e. The van der Waals surface area contributed by atoms with Crippen molar-refractivity contribution in [1.29, 1.82) is 0 Å². The Hall–Kier alpha value is -4.09. The smallest absolute Gasteiger partial charge is 0.295 e. The van der Waals surface area contributed by atoms with Crippen molar-refractivity contribution < 1.29 is 24.4 Å². The lowest BCUT2D eigenvalue weighted by atomic mass is 9.96. The summed E-state index contributed by atoms with van der Waals surface area (Å²) in [5, 5.41) is 22.7. The molecule has 5 rings (SSSR count). The van der Waals surface area contributed by atoms with Gasteiger partial charge in [-0.1, -0.05) is 6.07 Å². The van der Waals surface area contributed by atoms with E-state index in [4.69, 9.17) is 4.74 Å². The van der Waals surface area contributed by atoms with E-state index in [-0.39, 0.29) is 29.3 Å². The maximum absolute atomic E-state index is 13.4. The van der Waals surface area contributed by atoms with Crippen molar-refractivity contribution in [2.24, 2.45) is 0 Å². The second kappa shape index (κ2) is 10.3. The Morgan fingerprint density at radius 3 is 2.50 bits per heavy atom. The van der Waals surface area contributed by atoms with Gasteiger partial charge >= 0.3 is 0 Å². The number of Topliss-reactive ketones (excluding diaryl/α,β-unsaturated/α-hetero) is 1. The fourth-order valence-corrected chi connectivity index (χ4v) is 5.20. The van der Waals surface area contributed by atoms with Crippen LogP contribution in [0.15, 0.2) is 48.2 Å². The number of ether oxygens (including phenoxy) is 1. The normalized spacial score (nSPS) is 19.9. The second-order valence-corrected chi connectivity index (χ2v) is 9.58. The SMILES string of the molecule is Cc1cccn2c(C)c(C(O)=C3C(=O)C(=O)N(CCCN4CCOCC4)C3c3ccc([N+](=O)[O-])cc3)nc12. The van der Waals surface area contributed by atoms with E-state index in [2.05, 4.69) is 9.88 Å². The average Bonchev–Trinajstić information content (AvgIpc) is 3.39. The monoisotopic (exact) mass is 519 g/mol. The fourth-order valence-electron chi connectivity index (χ4n) is 5.20. The number of imidazole rings is 1. The zero-order valence-corrected chi connectivity index (χ0v) is 21.3. The van der Waals surface area contributed by atoms with Gasteiger partial charge in [-0.25, -0.2) is 4.98 Å². The van der Waals surface area contributed by atoms with Crippen LogP contribution in [0.4, 0.5) is 5.69 Å². The first-order valence-corrected chi connectivity index (χ1v) is 12.6. The van der Waals surface area contributed by atoms with Gasteiger partial charge in [-0.3, -0.25) is 24.6 Å². The largest absolute Gasteiger partial charge is 0.505 e. The Labute approximate surface area is 219 Å². The number of nitrogens with zero attached hydrogens (tertiary/aromatic N) is 5. The number of nitro benzene ring substituents is 1. The molecular formula is C27H29N5O6. The lowest BCUT2D eigenvalue weighted by molar-refractivity contribution is -0.384. The number of fused-ring (bicyclic) bond motifs is 1. The van der Waals surface area contributed by atoms with E-state index in [0.717, 1.165) is 25.2 Å². The average molecular weight is 520 g/mol. The Morgan fingerprint density at radius 2 is 1.84 bits per heavy atom. The number of aliphatic hydroxyl groups excluding tert-OH is 1. The van der Waals surface area contributed by atoms with Crippen LogP contribution in [0, 0.1) is 24.0 Å². The summed E-state index contributed by atoms with van der Waals surface area (Å²) in [5.74, 6) is -1.87. The number of carbonyl (C=O) groups is 2. The molecule has 1 unspecified atom stereocenters. The van der Waals surface area contributed by atoms with Gasteiger partial charge in [0.05, 0.1) is 35.4 Å². The number of benzene rings is 1. The number of hydrogen-bond acceptors (Lipinski definition) is 8. The lowest BCUT2D eigenvalue weighted by Gasteiger charge is -2.29. The molecule has 198 valence electrons. The highest BCUT2D eigenvalue weighted by molar-refractivity contribution is 6.46. The maximum atomic E-state index is 13.4. The third-order valence-corrected chi connectivity index (χ3v) is 7.24. The van der Waals surface area contributed by atoms with Crippen molar-refractivity contribution in [3.8, 4) is 0 Å². The van der Waals surface area contributed by atoms with Gasteiger partial charge < -0.3 is 19.1 Å². The zero-order valence-electron chi connectivity index (χ0n) is 21.3. The summed E-state index contributed by atoms with van der Waals surface area (Å²) >= 11 is 0. The van der Waals surface area contributed by atoms with Gasteiger partial charge in [-0.05, 0) is 49.6 Å². The molecule has 0 radical (unpaired) electrons. The third kappa shape index (κ3) is 4.54. The number of morpholine rings is 1. The number of ketones is 1. The summed E-state index contributed by atoms with van der Waals surface area (Å²) in [6.07, 6.45) is 2.43. The van der Waals surface area contributed by atoms with Crippen LogP contribution >= 0.6 is 0 Å². The quantitative estimate of drug-likeness (QED) is 0.166. The number of aliphatic hydroxyl groups is 1. The molecular weight excluding hydrogens is 490 g/mol. The van der Waals surface area contributed by atoms with Crippen LogP contribution in [0.2, 0.25) is 0 Å². The molecule has 11 nitrogen and oxygen atoms in total. The van der Waals surface area contributed by atoms with E-state index < -0.39 is 22.7 Å². The highest BCUT2D eigenvalue weighted by atomic mass is 16.6. The predicted octanol–water partition coefficient (Wildman–Crippen LogP) is 3.00. The molecule has 38 heavy (non-hydrogen) atoms. The van der Waals surface area contributed by atoms with Gasteiger partial charge in [0.25, 0.3) is 17.4 Å². The molecule has 1 aromatic carbocycles. The van der Waals surface area contributed by atoms with Crippen LogP contribution in [0.5, 0.6) is 0 Å². The summed E-state index contributed by atoms with van der Waals surface area (Å²) < 4.78 is 7.22. The summed E-state index contributed by atoms with van der Waals surface area (Å²) in [7, 11) is 0. The van der Waals surface area contributed by atoms with Crippen LogP contribution in [0.3, 0.4) is 0 Å². The van der Waals surface area contributed by atoms with Crippen molar-refractivity contribution in [3.05, 3.63) is 80.8 Å². The van der Waals surface area contributed by atoms with Gasteiger partial charge in [0.15, 0.2) is 5.76 Å². The summed E-state index contributed by atoms with van der Waals surface area (Å²) in [6, 6.07) is 8.59. The number of hydrogen-bond donors (Lipinski definition) is 1. The van der Waals surface area contributed by atoms with Crippen LogP contribution in [-0.4, -0.2) is 80.3 Å². The van der Waals surface area contributed by atoms with Gasteiger partial charge in [0.2, 0.25) is 0 Å². The summed E-state index contributed by atoms with van der Waals surface area (Å²) in [4.78, 5) is 45.6. The number of pyridine rings is 1. The second-order valence-electron chi connectivity index (χ2n) is 9.58. The number of non-ortho nitro benzene ring substituents is 1. The minimum absolute atomic E-state index is 0.0700. The van der Waals surface area contributed by atoms with Crippen LogP contribution in [-0.2, 0) is 14.3 Å². The molecule has 1 amide bonds. The summed E-state index contributed by atoms with van der Waals surface area (Å²) in [5.41, 5.74) is 2.70. The van der Waals surface area contributed by atoms with Gasteiger partial charge in [-0.15, -0.1) is 0 Å². The molecule has 1 N–H and O–H groups in total. The molecule has 0 spiro atoms. The zero-order chi connectivity index (χ0) is 27.0. The molecule has 4 heterocycles. The van der Waals surface area contributed by atoms with Crippen LogP contribution < -0.4 is 0 Å². The summed E-state index contributed by atoms with van der Waals surface area (Å²) in [6.45, 7) is 7.61. The number of amides is 1. The topological polar surface area (TPSA) is 131 Å². The van der Waals surface area contributed by atoms with E-state index in [1.54, 1.807) is 6.92 Å². The molecule has 3 aromatic rings. The fraction of sp³-hybridized carbons (Fsp3) is 0.370.